The molecule has 1 aromatic rings. The van der Waals surface area contributed by atoms with Crippen LogP contribution in [0.4, 0.5) is 0 Å². The summed E-state index contributed by atoms with van der Waals surface area (Å²) in [5, 5.41) is 9.51. The van der Waals surface area contributed by atoms with E-state index in [2.05, 4.69) is 11.5 Å². The lowest BCUT2D eigenvalue weighted by Crippen LogP contribution is -2.47. The molecule has 19 heavy (non-hydrogen) atoms. The average molecular weight is 263 g/mol. The Bertz CT molecular complexity index is 466. The summed E-state index contributed by atoms with van der Waals surface area (Å²) < 4.78 is 5.57. The van der Waals surface area contributed by atoms with Gasteiger partial charge in [0.1, 0.15) is 11.5 Å². The van der Waals surface area contributed by atoms with E-state index in [4.69, 9.17) is 4.42 Å². The third kappa shape index (κ3) is 3.07. The summed E-state index contributed by atoms with van der Waals surface area (Å²) in [5.41, 5.74) is -0.679. The Morgan fingerprint density at radius 2 is 2.42 bits per heavy atom. The van der Waals surface area contributed by atoms with E-state index in [9.17, 15) is 9.90 Å². The van der Waals surface area contributed by atoms with E-state index in [1.807, 2.05) is 19.1 Å². The zero-order valence-corrected chi connectivity index (χ0v) is 11.4. The number of carboxylic acids is 1. The maximum atomic E-state index is 11.6. The molecule has 0 amide bonds. The number of furan rings is 1. The zero-order valence-electron chi connectivity index (χ0n) is 11.4. The summed E-state index contributed by atoms with van der Waals surface area (Å²) in [6.07, 6.45) is 3.87. The smallest absolute Gasteiger partial charge is 0.311 e. The Labute approximate surface area is 113 Å². The highest BCUT2D eigenvalue weighted by molar-refractivity contribution is 5.75. The van der Waals surface area contributed by atoms with Crippen molar-refractivity contribution in [3.63, 3.8) is 0 Å². The molecule has 1 aliphatic heterocycles. The Kier molecular flexibility index (Phi) is 4.10. The van der Waals surface area contributed by atoms with E-state index in [-0.39, 0.29) is 0 Å². The number of hydrogen-bond donors (Lipinski definition) is 1. The van der Waals surface area contributed by atoms with Gasteiger partial charge in [0.25, 0.3) is 0 Å². The second-order valence-corrected chi connectivity index (χ2v) is 5.40. The second-order valence-electron chi connectivity index (χ2n) is 5.40. The number of piperidine rings is 1. The van der Waals surface area contributed by atoms with E-state index in [1.54, 1.807) is 6.08 Å². The molecule has 0 unspecified atom stereocenters. The van der Waals surface area contributed by atoms with Crippen LogP contribution in [0.15, 0.2) is 29.2 Å². The van der Waals surface area contributed by atoms with Gasteiger partial charge >= 0.3 is 5.97 Å². The molecule has 1 aliphatic rings. The number of hydrogen-bond acceptors (Lipinski definition) is 3. The Balaban J connectivity index is 2.07. The number of carbonyl (C=O) groups is 1. The molecule has 2 rings (SSSR count). The highest BCUT2D eigenvalue weighted by Gasteiger charge is 2.41. The van der Waals surface area contributed by atoms with Crippen molar-refractivity contribution in [1.29, 1.82) is 0 Å². The van der Waals surface area contributed by atoms with Crippen LogP contribution in [0.25, 0.3) is 0 Å². The lowest BCUT2D eigenvalue weighted by atomic mass is 9.77. The molecule has 1 N–H and O–H groups in total. The van der Waals surface area contributed by atoms with Gasteiger partial charge in [-0.05, 0) is 44.9 Å². The average Bonchev–Trinajstić information content (AvgIpc) is 2.75. The van der Waals surface area contributed by atoms with Crippen LogP contribution in [0.3, 0.4) is 0 Å². The van der Waals surface area contributed by atoms with Crippen molar-refractivity contribution in [3.05, 3.63) is 36.3 Å². The lowest BCUT2D eigenvalue weighted by molar-refractivity contribution is -0.152. The van der Waals surface area contributed by atoms with Crippen molar-refractivity contribution in [1.82, 2.24) is 4.90 Å². The molecule has 1 aromatic heterocycles. The highest BCUT2D eigenvalue weighted by Crippen LogP contribution is 2.34. The van der Waals surface area contributed by atoms with Crippen LogP contribution in [0.5, 0.6) is 0 Å². The fourth-order valence-electron chi connectivity index (χ4n) is 2.86. The van der Waals surface area contributed by atoms with Crippen molar-refractivity contribution >= 4 is 5.97 Å². The van der Waals surface area contributed by atoms with Gasteiger partial charge < -0.3 is 9.52 Å². The van der Waals surface area contributed by atoms with E-state index >= 15 is 0 Å². The summed E-state index contributed by atoms with van der Waals surface area (Å²) in [5.74, 6) is 1.08. The number of carboxylic acid groups (broad SMARTS) is 1. The molecule has 0 aromatic carbocycles. The Morgan fingerprint density at radius 1 is 1.63 bits per heavy atom. The van der Waals surface area contributed by atoms with E-state index in [0.29, 0.717) is 19.5 Å². The molecule has 2 heterocycles. The lowest BCUT2D eigenvalue weighted by Gasteiger charge is -2.39. The summed E-state index contributed by atoms with van der Waals surface area (Å²) in [7, 11) is 0. The summed E-state index contributed by atoms with van der Waals surface area (Å²) >= 11 is 0. The third-order valence-corrected chi connectivity index (χ3v) is 3.82. The van der Waals surface area contributed by atoms with E-state index in [0.717, 1.165) is 30.9 Å². The van der Waals surface area contributed by atoms with Gasteiger partial charge in [-0.25, -0.2) is 0 Å². The molecule has 104 valence electrons. The normalized spacial score (nSPS) is 24.3. The van der Waals surface area contributed by atoms with Crippen molar-refractivity contribution < 1.29 is 14.3 Å². The van der Waals surface area contributed by atoms with Crippen LogP contribution >= 0.6 is 0 Å². The minimum Gasteiger partial charge on any atom is -0.481 e. The molecular weight excluding hydrogens is 242 g/mol. The van der Waals surface area contributed by atoms with Crippen LogP contribution in [-0.4, -0.2) is 29.1 Å². The number of rotatable bonds is 5. The molecule has 0 bridgehead atoms. The number of nitrogens with zero attached hydrogens (tertiary/aromatic N) is 1. The van der Waals surface area contributed by atoms with Crippen LogP contribution < -0.4 is 0 Å². The van der Waals surface area contributed by atoms with Gasteiger partial charge in [-0.15, -0.1) is 6.58 Å². The standard InChI is InChI=1S/C15H21NO3/c1-3-7-15(14(17)18)8-4-9-16(11-15)10-13-6-5-12(2)19-13/h3,5-6H,1,4,7-11H2,2H3,(H,17,18)/t15-/m1/s1. The number of likely N-dealkylation sites (tertiary alicyclic amines) is 1. The summed E-state index contributed by atoms with van der Waals surface area (Å²) in [6.45, 7) is 7.78. The van der Waals surface area contributed by atoms with Gasteiger partial charge in [0.05, 0.1) is 12.0 Å². The molecule has 1 saturated heterocycles. The van der Waals surface area contributed by atoms with Gasteiger partial charge in [-0.2, -0.15) is 0 Å². The molecule has 0 saturated carbocycles. The second kappa shape index (κ2) is 5.61. The van der Waals surface area contributed by atoms with Gasteiger partial charge in [-0.1, -0.05) is 6.08 Å². The topological polar surface area (TPSA) is 53.7 Å². The minimum atomic E-state index is -0.715. The zero-order chi connectivity index (χ0) is 13.9. The number of aryl methyl sites for hydroxylation is 1. The SMILES string of the molecule is C=CC[C@@]1(C(=O)O)CCCN(Cc2ccc(C)o2)C1. The number of aliphatic carboxylic acids is 1. The first-order chi connectivity index (χ1) is 9.05. The maximum Gasteiger partial charge on any atom is 0.311 e. The minimum absolute atomic E-state index is 0.524. The number of allylic oxidation sites excluding steroid dienone is 1. The van der Waals surface area contributed by atoms with Gasteiger partial charge in [0.15, 0.2) is 0 Å². The Hall–Kier alpha value is -1.55. The van der Waals surface area contributed by atoms with Crippen molar-refractivity contribution in [2.24, 2.45) is 5.41 Å². The molecule has 1 fully saturated rings. The third-order valence-electron chi connectivity index (χ3n) is 3.82. The van der Waals surface area contributed by atoms with Crippen LogP contribution in [-0.2, 0) is 11.3 Å². The van der Waals surface area contributed by atoms with Crippen molar-refractivity contribution in [3.8, 4) is 0 Å². The molecule has 4 nitrogen and oxygen atoms in total. The largest absolute Gasteiger partial charge is 0.481 e. The van der Waals surface area contributed by atoms with Gasteiger partial charge in [0, 0.05) is 6.54 Å². The predicted octanol–water partition coefficient (Wildman–Crippen LogP) is 2.83. The van der Waals surface area contributed by atoms with Gasteiger partial charge in [-0.3, -0.25) is 9.69 Å². The molecule has 0 aliphatic carbocycles. The molecule has 0 radical (unpaired) electrons. The predicted molar refractivity (Wildman–Crippen MR) is 72.8 cm³/mol. The first-order valence-electron chi connectivity index (χ1n) is 6.68. The first-order valence-corrected chi connectivity index (χ1v) is 6.68. The summed E-state index contributed by atoms with van der Waals surface area (Å²) in [6, 6.07) is 3.90. The van der Waals surface area contributed by atoms with Crippen LogP contribution in [0.2, 0.25) is 0 Å². The highest BCUT2D eigenvalue weighted by atomic mass is 16.4. The van der Waals surface area contributed by atoms with Gasteiger partial charge in [0.2, 0.25) is 0 Å². The monoisotopic (exact) mass is 263 g/mol. The van der Waals surface area contributed by atoms with E-state index < -0.39 is 11.4 Å². The fraction of sp³-hybridized carbons (Fsp3) is 0.533. The molecule has 4 heteroatoms. The Morgan fingerprint density at radius 3 is 3.00 bits per heavy atom. The molecule has 1 atom stereocenters. The van der Waals surface area contributed by atoms with Crippen LogP contribution in [0, 0.1) is 12.3 Å². The van der Waals surface area contributed by atoms with Crippen molar-refractivity contribution in [2.45, 2.75) is 32.7 Å². The molecular formula is C15H21NO3. The fourth-order valence-corrected chi connectivity index (χ4v) is 2.86. The van der Waals surface area contributed by atoms with Crippen molar-refractivity contribution in [2.75, 3.05) is 13.1 Å². The quantitative estimate of drug-likeness (QED) is 0.830. The summed E-state index contributed by atoms with van der Waals surface area (Å²) in [4.78, 5) is 13.7. The van der Waals surface area contributed by atoms with Crippen LogP contribution in [0.1, 0.15) is 30.8 Å². The van der Waals surface area contributed by atoms with E-state index in [1.165, 1.54) is 0 Å². The molecule has 0 spiro atoms. The maximum absolute atomic E-state index is 11.6. The first kappa shape index (κ1) is 13.9.